The van der Waals surface area contributed by atoms with Gasteiger partial charge in [0, 0.05) is 12.0 Å². The smallest absolute Gasteiger partial charge is 0.493 e. The van der Waals surface area contributed by atoms with Gasteiger partial charge in [-0.15, -0.1) is 8.78 Å². The summed E-state index contributed by atoms with van der Waals surface area (Å²) in [5.41, 5.74) is 2.63. The molecular weight excluding hydrogens is 330 g/mol. The second kappa shape index (κ2) is 5.58. The third-order valence-electron chi connectivity index (χ3n) is 4.06. The minimum absolute atomic E-state index is 0.0436. The number of hydrogen-bond donors (Lipinski definition) is 0. The highest BCUT2D eigenvalue weighted by Gasteiger charge is 2.44. The third-order valence-corrected chi connectivity index (χ3v) is 4.06. The van der Waals surface area contributed by atoms with Crippen LogP contribution in [0.1, 0.15) is 23.6 Å². The molecule has 4 nitrogen and oxygen atoms in total. The lowest BCUT2D eigenvalue weighted by Crippen LogP contribution is -2.25. The molecule has 0 amide bonds. The molecule has 0 aromatic heterocycles. The summed E-state index contributed by atoms with van der Waals surface area (Å²) in [5.74, 6) is 0.410. The molecule has 6 heteroatoms. The highest BCUT2D eigenvalue weighted by atomic mass is 19.3. The first-order valence-electron chi connectivity index (χ1n) is 7.86. The quantitative estimate of drug-likeness (QED) is 0.845. The number of alkyl halides is 2. The summed E-state index contributed by atoms with van der Waals surface area (Å²) >= 11 is 0. The van der Waals surface area contributed by atoms with E-state index in [0.717, 1.165) is 5.56 Å². The van der Waals surface area contributed by atoms with Crippen LogP contribution < -0.4 is 14.2 Å². The van der Waals surface area contributed by atoms with Crippen LogP contribution in [0.3, 0.4) is 0 Å². The van der Waals surface area contributed by atoms with Gasteiger partial charge in [-0.2, -0.15) is 0 Å². The van der Waals surface area contributed by atoms with E-state index >= 15 is 0 Å². The van der Waals surface area contributed by atoms with Crippen LogP contribution in [0.15, 0.2) is 42.5 Å². The van der Waals surface area contributed by atoms with Crippen LogP contribution in [0.25, 0.3) is 5.57 Å². The van der Waals surface area contributed by atoms with Gasteiger partial charge in [-0.05, 0) is 47.9 Å². The fourth-order valence-electron chi connectivity index (χ4n) is 3.11. The normalized spacial score (nSPS) is 17.1. The van der Waals surface area contributed by atoms with Gasteiger partial charge in [0.2, 0.25) is 0 Å². The SMILES string of the molecule is CCOc1ccccc1C1=CC(=O)Cc2cc3c(cc21)OC(F)(F)O3. The fourth-order valence-corrected chi connectivity index (χ4v) is 3.11. The highest BCUT2D eigenvalue weighted by molar-refractivity contribution is 6.06. The van der Waals surface area contributed by atoms with Crippen molar-refractivity contribution in [2.75, 3.05) is 6.61 Å². The number of hydrogen-bond acceptors (Lipinski definition) is 4. The van der Waals surface area contributed by atoms with Crippen molar-refractivity contribution in [1.82, 2.24) is 0 Å². The molecule has 0 saturated heterocycles. The summed E-state index contributed by atoms with van der Waals surface area (Å²) in [6.45, 7) is 2.34. The first-order valence-corrected chi connectivity index (χ1v) is 7.86. The molecule has 25 heavy (non-hydrogen) atoms. The number of fused-ring (bicyclic) bond motifs is 2. The Kier molecular flexibility index (Phi) is 3.49. The Morgan fingerprint density at radius 1 is 1.12 bits per heavy atom. The van der Waals surface area contributed by atoms with E-state index in [1.807, 2.05) is 25.1 Å². The van der Waals surface area contributed by atoms with Gasteiger partial charge in [0.15, 0.2) is 17.3 Å². The van der Waals surface area contributed by atoms with Crippen LogP contribution in [0, 0.1) is 0 Å². The van der Waals surface area contributed by atoms with Crippen LogP contribution in [-0.4, -0.2) is 18.7 Å². The number of carbonyl (C=O) groups is 1. The van der Waals surface area contributed by atoms with Crippen LogP contribution in [0.5, 0.6) is 17.2 Å². The standard InChI is InChI=1S/C19H14F2O4/c1-2-23-16-6-4-3-5-13(16)15-9-12(22)7-11-8-17-18(10-14(11)15)25-19(20,21)24-17/h3-6,8-10H,2,7H2,1H3. The van der Waals surface area contributed by atoms with Gasteiger partial charge in [0.05, 0.1) is 6.61 Å². The van der Waals surface area contributed by atoms with Gasteiger partial charge in [0.1, 0.15) is 5.75 Å². The largest absolute Gasteiger partial charge is 0.586 e. The summed E-state index contributed by atoms with van der Waals surface area (Å²) in [6, 6.07) is 10.2. The molecule has 0 bridgehead atoms. The molecule has 0 radical (unpaired) electrons. The summed E-state index contributed by atoms with van der Waals surface area (Å²) in [5, 5.41) is 0. The first kappa shape index (κ1) is 15.6. The molecule has 0 atom stereocenters. The van der Waals surface area contributed by atoms with Gasteiger partial charge in [-0.1, -0.05) is 18.2 Å². The Labute approximate surface area is 142 Å². The van der Waals surface area contributed by atoms with Gasteiger partial charge in [-0.3, -0.25) is 4.79 Å². The van der Waals surface area contributed by atoms with Crippen LogP contribution in [0.2, 0.25) is 0 Å². The van der Waals surface area contributed by atoms with Crippen LogP contribution in [-0.2, 0) is 11.2 Å². The zero-order chi connectivity index (χ0) is 17.6. The molecule has 2 aromatic rings. The van der Waals surface area contributed by atoms with Crippen LogP contribution >= 0.6 is 0 Å². The average molecular weight is 344 g/mol. The van der Waals surface area contributed by atoms with Crippen LogP contribution in [0.4, 0.5) is 8.78 Å². The van der Waals surface area contributed by atoms with E-state index in [0.29, 0.717) is 29.1 Å². The molecule has 1 heterocycles. The average Bonchev–Trinajstić information content (AvgIpc) is 2.86. The van der Waals surface area contributed by atoms with Crippen molar-refractivity contribution in [2.45, 2.75) is 19.6 Å². The van der Waals surface area contributed by atoms with Crippen molar-refractivity contribution in [3.8, 4) is 17.2 Å². The predicted molar refractivity (Wildman–Crippen MR) is 86.0 cm³/mol. The molecule has 2 aliphatic rings. The topological polar surface area (TPSA) is 44.8 Å². The van der Waals surface area contributed by atoms with Crippen molar-refractivity contribution < 1.29 is 27.8 Å². The third kappa shape index (κ3) is 2.73. The monoisotopic (exact) mass is 344 g/mol. The maximum Gasteiger partial charge on any atom is 0.586 e. The number of rotatable bonds is 3. The Hall–Kier alpha value is -2.89. The minimum Gasteiger partial charge on any atom is -0.493 e. The highest BCUT2D eigenvalue weighted by Crippen LogP contribution is 2.46. The summed E-state index contributed by atoms with van der Waals surface area (Å²) in [4.78, 5) is 12.2. The molecule has 0 N–H and O–H groups in total. The molecule has 0 fully saturated rings. The Morgan fingerprint density at radius 3 is 2.60 bits per heavy atom. The molecule has 0 spiro atoms. The summed E-state index contributed by atoms with van der Waals surface area (Å²) < 4.78 is 41.4. The Bertz CT molecular complexity index is 902. The van der Waals surface area contributed by atoms with E-state index in [1.165, 1.54) is 18.2 Å². The number of allylic oxidation sites excluding steroid dienone is 1. The van der Waals surface area contributed by atoms with Crippen molar-refractivity contribution >= 4 is 11.4 Å². The van der Waals surface area contributed by atoms with Crippen molar-refractivity contribution in [2.24, 2.45) is 0 Å². The lowest BCUT2D eigenvalue weighted by Gasteiger charge is -2.20. The number of ketones is 1. The second-order valence-corrected chi connectivity index (χ2v) is 5.75. The number of carbonyl (C=O) groups excluding carboxylic acids is 1. The molecular formula is C19H14F2O4. The van der Waals surface area contributed by atoms with E-state index in [-0.39, 0.29) is 23.7 Å². The molecule has 128 valence electrons. The summed E-state index contributed by atoms with van der Waals surface area (Å²) in [7, 11) is 0. The molecule has 1 aliphatic carbocycles. The van der Waals surface area contributed by atoms with E-state index in [1.54, 1.807) is 6.07 Å². The molecule has 4 rings (SSSR count). The second-order valence-electron chi connectivity index (χ2n) is 5.75. The zero-order valence-corrected chi connectivity index (χ0v) is 13.3. The van der Waals surface area contributed by atoms with Crippen molar-refractivity contribution in [3.63, 3.8) is 0 Å². The fraction of sp³-hybridized carbons (Fsp3) is 0.211. The Balaban J connectivity index is 1.86. The maximum absolute atomic E-state index is 13.3. The van der Waals surface area contributed by atoms with E-state index < -0.39 is 6.29 Å². The molecule has 1 aliphatic heterocycles. The molecule has 0 unspecified atom stereocenters. The van der Waals surface area contributed by atoms with Gasteiger partial charge in [0.25, 0.3) is 0 Å². The van der Waals surface area contributed by atoms with Gasteiger partial charge >= 0.3 is 6.29 Å². The summed E-state index contributed by atoms with van der Waals surface area (Å²) in [6.07, 6.45) is -2.05. The van der Waals surface area contributed by atoms with Crippen molar-refractivity contribution in [3.05, 3.63) is 59.2 Å². The molecule has 2 aromatic carbocycles. The Morgan fingerprint density at radius 2 is 1.84 bits per heavy atom. The van der Waals surface area contributed by atoms with Gasteiger partial charge < -0.3 is 14.2 Å². The van der Waals surface area contributed by atoms with Crippen molar-refractivity contribution in [1.29, 1.82) is 0 Å². The number of para-hydroxylation sites is 1. The minimum atomic E-state index is -3.69. The number of halogens is 2. The molecule has 0 saturated carbocycles. The number of benzene rings is 2. The van der Waals surface area contributed by atoms with E-state index in [4.69, 9.17) is 4.74 Å². The zero-order valence-electron chi connectivity index (χ0n) is 13.3. The van der Waals surface area contributed by atoms with Gasteiger partial charge in [-0.25, -0.2) is 0 Å². The van der Waals surface area contributed by atoms with E-state index in [9.17, 15) is 13.6 Å². The maximum atomic E-state index is 13.3. The van der Waals surface area contributed by atoms with E-state index in [2.05, 4.69) is 9.47 Å². The lowest BCUT2D eigenvalue weighted by atomic mass is 9.85. The first-order chi connectivity index (χ1) is 12.0. The lowest BCUT2D eigenvalue weighted by molar-refractivity contribution is -0.286. The number of ether oxygens (including phenoxy) is 3. The predicted octanol–water partition coefficient (Wildman–Crippen LogP) is 3.96.